The van der Waals surface area contributed by atoms with E-state index in [9.17, 15) is 18.0 Å². The SMILES string of the molecule is CCNC(=O)[C@@H](CC)N(Cc1ccccc1Cl)C(=O)CN(c1cc(Cl)cc(Cl)c1)S(=O)(=O)c1ccccc1. The minimum absolute atomic E-state index is 0.00365. The first-order chi connectivity index (χ1) is 18.1. The van der Waals surface area contributed by atoms with Crippen LogP contribution >= 0.6 is 34.8 Å². The van der Waals surface area contributed by atoms with Crippen LogP contribution < -0.4 is 9.62 Å². The van der Waals surface area contributed by atoms with Gasteiger partial charge in [-0.05, 0) is 55.3 Å². The topological polar surface area (TPSA) is 86.8 Å². The number of hydrogen-bond donors (Lipinski definition) is 1. The number of nitrogens with zero attached hydrogens (tertiary/aromatic N) is 2. The van der Waals surface area contributed by atoms with E-state index in [4.69, 9.17) is 34.8 Å². The van der Waals surface area contributed by atoms with Crippen LogP contribution in [-0.4, -0.2) is 44.3 Å². The highest BCUT2D eigenvalue weighted by molar-refractivity contribution is 7.92. The summed E-state index contributed by atoms with van der Waals surface area (Å²) in [7, 11) is -4.22. The van der Waals surface area contributed by atoms with Crippen molar-refractivity contribution in [2.24, 2.45) is 0 Å². The molecule has 3 aromatic rings. The molecule has 1 atom stereocenters. The Morgan fingerprint density at radius 2 is 1.50 bits per heavy atom. The molecule has 202 valence electrons. The van der Waals surface area contributed by atoms with E-state index in [2.05, 4.69) is 5.32 Å². The van der Waals surface area contributed by atoms with Crippen molar-refractivity contribution < 1.29 is 18.0 Å². The Bertz CT molecular complexity index is 1370. The second-order valence-electron chi connectivity index (χ2n) is 8.38. The van der Waals surface area contributed by atoms with Gasteiger partial charge in [-0.25, -0.2) is 8.42 Å². The van der Waals surface area contributed by atoms with Gasteiger partial charge in [0.05, 0.1) is 10.6 Å². The van der Waals surface area contributed by atoms with Crippen molar-refractivity contribution in [2.45, 2.75) is 37.8 Å². The largest absolute Gasteiger partial charge is 0.355 e. The van der Waals surface area contributed by atoms with E-state index >= 15 is 0 Å². The van der Waals surface area contributed by atoms with Crippen molar-refractivity contribution in [2.75, 3.05) is 17.4 Å². The summed E-state index contributed by atoms with van der Waals surface area (Å²) in [6.45, 7) is 3.33. The fourth-order valence-corrected chi connectivity index (χ4v) is 6.08. The van der Waals surface area contributed by atoms with Crippen LogP contribution in [0, 0.1) is 0 Å². The fourth-order valence-electron chi connectivity index (χ4n) is 3.95. The number of amides is 2. The minimum Gasteiger partial charge on any atom is -0.355 e. The number of anilines is 1. The molecule has 0 aliphatic heterocycles. The highest BCUT2D eigenvalue weighted by Crippen LogP contribution is 2.30. The lowest BCUT2D eigenvalue weighted by atomic mass is 10.1. The molecule has 3 aromatic carbocycles. The van der Waals surface area contributed by atoms with Gasteiger partial charge in [0.1, 0.15) is 12.6 Å². The third-order valence-electron chi connectivity index (χ3n) is 5.78. The lowest BCUT2D eigenvalue weighted by Crippen LogP contribution is -2.52. The number of hydrogen-bond acceptors (Lipinski definition) is 4. The zero-order valence-corrected chi connectivity index (χ0v) is 24.0. The van der Waals surface area contributed by atoms with Gasteiger partial charge in [-0.15, -0.1) is 0 Å². The van der Waals surface area contributed by atoms with E-state index in [-0.39, 0.29) is 33.1 Å². The first-order valence-corrected chi connectivity index (χ1v) is 14.5. The summed E-state index contributed by atoms with van der Waals surface area (Å²) >= 11 is 18.8. The molecule has 0 aliphatic carbocycles. The lowest BCUT2D eigenvalue weighted by Gasteiger charge is -2.33. The number of rotatable bonds is 11. The third-order valence-corrected chi connectivity index (χ3v) is 8.37. The molecule has 0 unspecified atom stereocenters. The quantitative estimate of drug-likeness (QED) is 0.304. The van der Waals surface area contributed by atoms with Gasteiger partial charge in [0.25, 0.3) is 10.0 Å². The van der Waals surface area contributed by atoms with Crippen LogP contribution in [0.4, 0.5) is 5.69 Å². The van der Waals surface area contributed by atoms with Crippen molar-refractivity contribution in [1.82, 2.24) is 10.2 Å². The van der Waals surface area contributed by atoms with E-state index in [1.165, 1.54) is 35.2 Å². The summed E-state index contributed by atoms with van der Waals surface area (Å²) in [4.78, 5) is 28.2. The van der Waals surface area contributed by atoms with Gasteiger partial charge in [-0.2, -0.15) is 0 Å². The van der Waals surface area contributed by atoms with E-state index < -0.39 is 28.5 Å². The predicted molar refractivity (Wildman–Crippen MR) is 152 cm³/mol. The Kier molecular flexibility index (Phi) is 10.4. The minimum atomic E-state index is -4.22. The number of carbonyl (C=O) groups excluding carboxylic acids is 2. The lowest BCUT2D eigenvalue weighted by molar-refractivity contribution is -0.140. The molecule has 0 saturated carbocycles. The standard InChI is InChI=1S/C27H28Cl3N3O4S/c1-3-25(27(35)31-4-2)32(17-19-10-8-9-13-24(19)30)26(34)18-33(22-15-20(28)14-21(29)16-22)38(36,37)23-11-6-5-7-12-23/h5-16,25H,3-4,17-18H2,1-2H3,(H,31,35)/t25-/m1/s1. The van der Waals surface area contributed by atoms with Gasteiger partial charge < -0.3 is 10.2 Å². The first kappa shape index (κ1) is 29.8. The molecule has 0 saturated heterocycles. The van der Waals surface area contributed by atoms with Crippen molar-refractivity contribution >= 4 is 62.3 Å². The Hall–Kier alpha value is -2.78. The molecule has 0 aromatic heterocycles. The van der Waals surface area contributed by atoms with Crippen LogP contribution in [0.5, 0.6) is 0 Å². The molecule has 1 N–H and O–H groups in total. The van der Waals surface area contributed by atoms with Crippen LogP contribution in [0.25, 0.3) is 0 Å². The maximum Gasteiger partial charge on any atom is 0.264 e. The number of halogens is 3. The molecular weight excluding hydrogens is 569 g/mol. The monoisotopic (exact) mass is 595 g/mol. The number of nitrogens with one attached hydrogen (secondary N) is 1. The second kappa shape index (κ2) is 13.3. The Labute approximate surface area is 238 Å². The van der Waals surface area contributed by atoms with Crippen molar-refractivity contribution in [3.8, 4) is 0 Å². The third kappa shape index (κ3) is 7.20. The summed E-state index contributed by atoms with van der Waals surface area (Å²) in [5.74, 6) is -0.947. The zero-order valence-electron chi connectivity index (χ0n) is 20.9. The highest BCUT2D eigenvalue weighted by atomic mass is 35.5. The molecule has 0 spiro atoms. The summed E-state index contributed by atoms with van der Waals surface area (Å²) < 4.78 is 28.5. The van der Waals surface area contributed by atoms with E-state index in [0.717, 1.165) is 4.31 Å². The molecule has 38 heavy (non-hydrogen) atoms. The van der Waals surface area contributed by atoms with Crippen LogP contribution in [0.15, 0.2) is 77.7 Å². The Morgan fingerprint density at radius 1 is 0.895 bits per heavy atom. The second-order valence-corrected chi connectivity index (χ2v) is 11.5. The maximum atomic E-state index is 13.9. The Morgan fingerprint density at radius 3 is 2.08 bits per heavy atom. The normalized spacial score (nSPS) is 12.0. The molecular formula is C27H28Cl3N3O4S. The van der Waals surface area contributed by atoms with Crippen LogP contribution in [-0.2, 0) is 26.2 Å². The highest BCUT2D eigenvalue weighted by Gasteiger charge is 2.34. The molecule has 0 aliphatic rings. The summed E-state index contributed by atoms with van der Waals surface area (Å²) in [6, 6.07) is 18.1. The van der Waals surface area contributed by atoms with Crippen LogP contribution in [0.2, 0.25) is 15.1 Å². The number of carbonyl (C=O) groups is 2. The summed E-state index contributed by atoms with van der Waals surface area (Å²) in [6.07, 6.45) is 0.302. The summed E-state index contributed by atoms with van der Waals surface area (Å²) in [5, 5.41) is 3.59. The average Bonchev–Trinajstić information content (AvgIpc) is 2.88. The maximum absolute atomic E-state index is 13.9. The smallest absolute Gasteiger partial charge is 0.264 e. The molecule has 0 bridgehead atoms. The summed E-state index contributed by atoms with van der Waals surface area (Å²) in [5.41, 5.74) is 0.733. The van der Waals surface area contributed by atoms with Gasteiger partial charge in [0.2, 0.25) is 11.8 Å². The van der Waals surface area contributed by atoms with Crippen molar-refractivity contribution in [3.63, 3.8) is 0 Å². The van der Waals surface area contributed by atoms with E-state index in [0.29, 0.717) is 23.6 Å². The molecule has 11 heteroatoms. The predicted octanol–water partition coefficient (Wildman–Crippen LogP) is 5.79. The fraction of sp³-hybridized carbons (Fsp3) is 0.259. The van der Waals surface area contributed by atoms with Crippen LogP contribution in [0.1, 0.15) is 25.8 Å². The zero-order chi connectivity index (χ0) is 27.9. The molecule has 0 radical (unpaired) electrons. The first-order valence-electron chi connectivity index (χ1n) is 11.9. The van der Waals surface area contributed by atoms with Gasteiger partial charge in [0, 0.05) is 28.2 Å². The molecule has 0 heterocycles. The van der Waals surface area contributed by atoms with Crippen molar-refractivity contribution in [1.29, 1.82) is 0 Å². The van der Waals surface area contributed by atoms with Gasteiger partial charge in [0.15, 0.2) is 0 Å². The number of sulfonamides is 1. The van der Waals surface area contributed by atoms with E-state index in [1.54, 1.807) is 56.3 Å². The molecule has 3 rings (SSSR count). The molecule has 0 fully saturated rings. The van der Waals surface area contributed by atoms with Gasteiger partial charge in [-0.1, -0.05) is 78.1 Å². The van der Waals surface area contributed by atoms with Crippen molar-refractivity contribution in [3.05, 3.63) is 93.4 Å². The average molecular weight is 597 g/mol. The van der Waals surface area contributed by atoms with Crippen LogP contribution in [0.3, 0.4) is 0 Å². The molecule has 2 amide bonds. The number of benzene rings is 3. The Balaban J connectivity index is 2.09. The van der Waals surface area contributed by atoms with Gasteiger partial charge in [-0.3, -0.25) is 13.9 Å². The van der Waals surface area contributed by atoms with E-state index in [1.807, 2.05) is 0 Å². The number of likely N-dealkylation sites (N-methyl/N-ethyl adjacent to an activating group) is 1. The van der Waals surface area contributed by atoms with Gasteiger partial charge >= 0.3 is 0 Å². The molecule has 7 nitrogen and oxygen atoms in total.